The van der Waals surface area contributed by atoms with E-state index in [2.05, 4.69) is 15.5 Å². The van der Waals surface area contributed by atoms with Crippen molar-refractivity contribution in [1.29, 1.82) is 0 Å². The Morgan fingerprint density at radius 2 is 2.10 bits per heavy atom. The molecule has 0 spiro atoms. The maximum absolute atomic E-state index is 5.90. The Balaban J connectivity index is 2.08. The summed E-state index contributed by atoms with van der Waals surface area (Å²) >= 11 is 5.90. The van der Waals surface area contributed by atoms with Crippen LogP contribution in [0.4, 0.5) is 0 Å². The van der Waals surface area contributed by atoms with Gasteiger partial charge in [0.2, 0.25) is 5.96 Å². The lowest BCUT2D eigenvalue weighted by Crippen LogP contribution is -2.27. The van der Waals surface area contributed by atoms with Gasteiger partial charge in [-0.05, 0) is 42.8 Å². The van der Waals surface area contributed by atoms with E-state index >= 15 is 0 Å². The molecule has 3 N–H and O–H groups in total. The van der Waals surface area contributed by atoms with Crippen molar-refractivity contribution in [2.45, 2.75) is 13.3 Å². The molecule has 0 amide bonds. The molecule has 0 aliphatic rings. The van der Waals surface area contributed by atoms with E-state index in [9.17, 15) is 0 Å². The fourth-order valence-electron chi connectivity index (χ4n) is 1.77. The quantitative estimate of drug-likeness (QED) is 0.507. The van der Waals surface area contributed by atoms with Crippen molar-refractivity contribution in [3.63, 3.8) is 0 Å². The van der Waals surface area contributed by atoms with Gasteiger partial charge in [0.25, 0.3) is 0 Å². The first-order valence-electron chi connectivity index (χ1n) is 6.73. The fourth-order valence-corrected chi connectivity index (χ4v) is 1.89. The molecule has 5 nitrogen and oxygen atoms in total. The van der Waals surface area contributed by atoms with Gasteiger partial charge in [0, 0.05) is 23.5 Å². The molecule has 0 bridgehead atoms. The molecule has 0 aliphatic carbocycles. The maximum Gasteiger partial charge on any atom is 0.209 e. The van der Waals surface area contributed by atoms with Gasteiger partial charge in [0.15, 0.2) is 0 Å². The van der Waals surface area contributed by atoms with E-state index in [0.717, 1.165) is 17.8 Å². The molecule has 2 aromatic rings. The monoisotopic (exact) mass is 303 g/mol. The Hall–Kier alpha value is -2.27. The Kier molecular flexibility index (Phi) is 5.40. The molecule has 0 fully saturated rings. The zero-order chi connectivity index (χ0) is 15.1. The number of hydrazone groups is 1. The maximum atomic E-state index is 5.90. The van der Waals surface area contributed by atoms with Crippen LogP contribution in [0, 0.1) is 0 Å². The number of guanidine groups is 1. The lowest BCUT2D eigenvalue weighted by Gasteiger charge is -2.06. The summed E-state index contributed by atoms with van der Waals surface area (Å²) in [4.78, 5) is 4.10. The number of hydrogen-bond acceptors (Lipinski definition) is 2. The summed E-state index contributed by atoms with van der Waals surface area (Å²) < 4.78 is 2.00. The first-order chi connectivity index (χ1) is 10.2. The third-order valence-electron chi connectivity index (χ3n) is 2.77. The van der Waals surface area contributed by atoms with Gasteiger partial charge in [-0.1, -0.05) is 18.5 Å². The minimum absolute atomic E-state index is 0.317. The zero-order valence-electron chi connectivity index (χ0n) is 11.8. The van der Waals surface area contributed by atoms with Gasteiger partial charge < -0.3 is 10.3 Å². The zero-order valence-corrected chi connectivity index (χ0v) is 12.6. The third kappa shape index (κ3) is 4.36. The molecule has 0 unspecified atom stereocenters. The van der Waals surface area contributed by atoms with E-state index in [-0.39, 0.29) is 0 Å². The number of benzene rings is 1. The van der Waals surface area contributed by atoms with Crippen LogP contribution in [-0.4, -0.2) is 23.3 Å². The molecule has 0 radical (unpaired) electrons. The minimum Gasteiger partial charge on any atom is -0.369 e. The number of aromatic nitrogens is 1. The van der Waals surface area contributed by atoms with Crippen LogP contribution in [0.25, 0.3) is 5.69 Å². The van der Waals surface area contributed by atoms with Crippen molar-refractivity contribution in [2.24, 2.45) is 15.8 Å². The highest BCUT2D eigenvalue weighted by Crippen LogP contribution is 2.15. The van der Waals surface area contributed by atoms with Crippen LogP contribution in [0.5, 0.6) is 0 Å². The van der Waals surface area contributed by atoms with Gasteiger partial charge in [0.1, 0.15) is 0 Å². The standard InChI is InChI=1S/C15H18ClN5/c1-2-9-18-15(17)20-19-11-14-4-3-10-21(14)13-7-5-12(16)6-8-13/h3-8,10-11H,2,9H2,1H3,(H3,17,18,20)/b19-11+. The highest BCUT2D eigenvalue weighted by atomic mass is 35.5. The van der Waals surface area contributed by atoms with Crippen LogP contribution in [0.1, 0.15) is 19.0 Å². The molecule has 110 valence electrons. The van der Waals surface area contributed by atoms with Crippen LogP contribution < -0.4 is 11.2 Å². The Bertz CT molecular complexity index is 628. The summed E-state index contributed by atoms with van der Waals surface area (Å²) in [5.41, 5.74) is 10.3. The van der Waals surface area contributed by atoms with Crippen LogP contribution in [0.3, 0.4) is 0 Å². The number of halogens is 1. The molecule has 0 aliphatic heterocycles. The van der Waals surface area contributed by atoms with Crippen molar-refractivity contribution >= 4 is 23.8 Å². The van der Waals surface area contributed by atoms with Crippen molar-refractivity contribution in [1.82, 2.24) is 9.99 Å². The molecule has 0 saturated carbocycles. The van der Waals surface area contributed by atoms with Gasteiger partial charge in [-0.15, -0.1) is 0 Å². The molecular weight excluding hydrogens is 286 g/mol. The SMILES string of the molecule is CCCN=C(N)N/N=C/c1cccn1-c1ccc(Cl)cc1. The topological polar surface area (TPSA) is 67.7 Å². The third-order valence-corrected chi connectivity index (χ3v) is 3.02. The van der Waals surface area contributed by atoms with Gasteiger partial charge >= 0.3 is 0 Å². The lowest BCUT2D eigenvalue weighted by atomic mass is 10.3. The van der Waals surface area contributed by atoms with Crippen LogP contribution in [0.2, 0.25) is 5.02 Å². The first-order valence-corrected chi connectivity index (χ1v) is 7.11. The molecule has 2 rings (SSSR count). The second-order valence-corrected chi connectivity index (χ2v) is 4.85. The summed E-state index contributed by atoms with van der Waals surface area (Å²) in [6.45, 7) is 2.73. The summed E-state index contributed by atoms with van der Waals surface area (Å²) in [7, 11) is 0. The number of nitrogens with one attached hydrogen (secondary N) is 1. The molecule has 1 aromatic heterocycles. The van der Waals surface area contributed by atoms with E-state index in [1.807, 2.05) is 54.1 Å². The van der Waals surface area contributed by atoms with E-state index in [4.69, 9.17) is 17.3 Å². The van der Waals surface area contributed by atoms with E-state index in [0.29, 0.717) is 17.5 Å². The highest BCUT2D eigenvalue weighted by Gasteiger charge is 2.01. The molecule has 1 aromatic carbocycles. The number of rotatable bonds is 5. The predicted molar refractivity (Wildman–Crippen MR) is 88.3 cm³/mol. The number of nitrogens with two attached hydrogens (primary N) is 1. The largest absolute Gasteiger partial charge is 0.369 e. The second-order valence-electron chi connectivity index (χ2n) is 4.42. The highest BCUT2D eigenvalue weighted by molar-refractivity contribution is 6.30. The van der Waals surface area contributed by atoms with Gasteiger partial charge in [-0.2, -0.15) is 5.10 Å². The molecular formula is C15H18ClN5. The van der Waals surface area contributed by atoms with Crippen LogP contribution >= 0.6 is 11.6 Å². The van der Waals surface area contributed by atoms with Crippen LogP contribution in [-0.2, 0) is 0 Å². The normalized spacial score (nSPS) is 12.0. The summed E-state index contributed by atoms with van der Waals surface area (Å²) in [5, 5.41) is 4.80. The van der Waals surface area contributed by atoms with Crippen molar-refractivity contribution in [2.75, 3.05) is 6.54 Å². The average molecular weight is 304 g/mol. The Morgan fingerprint density at radius 3 is 2.81 bits per heavy atom. The first kappa shape index (κ1) is 15.1. The molecule has 0 saturated heterocycles. The Labute approximate surface area is 129 Å². The molecule has 6 heteroatoms. The van der Waals surface area contributed by atoms with Crippen molar-refractivity contribution in [3.8, 4) is 5.69 Å². The van der Waals surface area contributed by atoms with Crippen molar-refractivity contribution < 1.29 is 0 Å². The number of nitrogens with zero attached hydrogens (tertiary/aromatic N) is 3. The Morgan fingerprint density at radius 1 is 1.33 bits per heavy atom. The molecule has 1 heterocycles. The second kappa shape index (κ2) is 7.50. The van der Waals surface area contributed by atoms with Gasteiger partial charge in [-0.25, -0.2) is 5.43 Å². The smallest absolute Gasteiger partial charge is 0.209 e. The predicted octanol–water partition coefficient (Wildman–Crippen LogP) is 2.78. The minimum atomic E-state index is 0.317. The van der Waals surface area contributed by atoms with Crippen LogP contribution in [0.15, 0.2) is 52.7 Å². The summed E-state index contributed by atoms with van der Waals surface area (Å²) in [6, 6.07) is 11.5. The fraction of sp³-hybridized carbons (Fsp3) is 0.200. The van der Waals surface area contributed by atoms with Gasteiger partial charge in [0.05, 0.1) is 11.9 Å². The van der Waals surface area contributed by atoms with Crippen molar-refractivity contribution in [3.05, 3.63) is 53.3 Å². The van der Waals surface area contributed by atoms with E-state index < -0.39 is 0 Å². The lowest BCUT2D eigenvalue weighted by molar-refractivity contribution is 0.901. The summed E-state index contributed by atoms with van der Waals surface area (Å²) in [6.07, 6.45) is 4.60. The number of hydrogen-bond donors (Lipinski definition) is 2. The molecule has 21 heavy (non-hydrogen) atoms. The van der Waals surface area contributed by atoms with Gasteiger partial charge in [-0.3, -0.25) is 4.99 Å². The summed E-state index contributed by atoms with van der Waals surface area (Å²) in [5.74, 6) is 0.317. The number of aliphatic imine (C=N–C) groups is 1. The average Bonchev–Trinajstić information content (AvgIpc) is 2.94. The van der Waals surface area contributed by atoms with E-state index in [1.54, 1.807) is 6.21 Å². The molecule has 0 atom stereocenters. The van der Waals surface area contributed by atoms with E-state index in [1.165, 1.54) is 0 Å².